The van der Waals surface area contributed by atoms with Gasteiger partial charge in [-0.2, -0.15) is 0 Å². The van der Waals surface area contributed by atoms with Gasteiger partial charge in [-0.25, -0.2) is 0 Å². The van der Waals surface area contributed by atoms with Gasteiger partial charge in [-0.15, -0.1) is 0 Å². The SMILES string of the molecule is COc1ccccc1C(C)N(C)C(=O)c1ccc(Br)c([N+](=O)[O-])c1. The van der Waals surface area contributed by atoms with Gasteiger partial charge in [0.05, 0.1) is 22.5 Å². The zero-order valence-corrected chi connectivity index (χ0v) is 15.1. The summed E-state index contributed by atoms with van der Waals surface area (Å²) in [5.74, 6) is 0.385. The van der Waals surface area contributed by atoms with Gasteiger partial charge >= 0.3 is 0 Å². The molecule has 0 spiro atoms. The van der Waals surface area contributed by atoms with Gasteiger partial charge in [0, 0.05) is 24.2 Å². The molecule has 0 radical (unpaired) electrons. The first-order chi connectivity index (χ1) is 11.4. The lowest BCUT2D eigenvalue weighted by molar-refractivity contribution is -0.385. The molecule has 0 aliphatic heterocycles. The fourth-order valence-electron chi connectivity index (χ4n) is 2.39. The Morgan fingerprint density at radius 2 is 1.96 bits per heavy atom. The largest absolute Gasteiger partial charge is 0.496 e. The molecule has 2 rings (SSSR count). The van der Waals surface area contributed by atoms with Crippen LogP contribution in [-0.2, 0) is 0 Å². The van der Waals surface area contributed by atoms with Crippen molar-refractivity contribution < 1.29 is 14.5 Å². The fraction of sp³-hybridized carbons (Fsp3) is 0.235. The molecule has 0 aliphatic rings. The maximum absolute atomic E-state index is 12.7. The lowest BCUT2D eigenvalue weighted by Crippen LogP contribution is -2.30. The first-order valence-electron chi connectivity index (χ1n) is 7.20. The van der Waals surface area contributed by atoms with Crippen LogP contribution >= 0.6 is 15.9 Å². The van der Waals surface area contributed by atoms with Crippen LogP contribution in [0.3, 0.4) is 0 Å². The summed E-state index contributed by atoms with van der Waals surface area (Å²) in [7, 11) is 3.23. The lowest BCUT2D eigenvalue weighted by atomic mass is 10.0. The zero-order valence-electron chi connectivity index (χ0n) is 13.5. The number of ether oxygens (including phenoxy) is 1. The molecule has 1 unspecified atom stereocenters. The van der Waals surface area contributed by atoms with Crippen molar-refractivity contribution in [2.75, 3.05) is 14.2 Å². The molecule has 0 saturated heterocycles. The van der Waals surface area contributed by atoms with Crippen molar-refractivity contribution in [3.63, 3.8) is 0 Å². The summed E-state index contributed by atoms with van der Waals surface area (Å²) < 4.78 is 5.67. The number of methoxy groups -OCH3 is 1. The number of hydrogen-bond donors (Lipinski definition) is 0. The summed E-state index contributed by atoms with van der Waals surface area (Å²) >= 11 is 3.12. The van der Waals surface area contributed by atoms with Crippen molar-refractivity contribution in [3.05, 3.63) is 68.2 Å². The van der Waals surface area contributed by atoms with Crippen LogP contribution in [0.15, 0.2) is 46.9 Å². The van der Waals surface area contributed by atoms with E-state index in [0.29, 0.717) is 10.2 Å². The number of benzene rings is 2. The number of nitro benzene ring substituents is 1. The summed E-state index contributed by atoms with van der Waals surface area (Å²) in [6.45, 7) is 1.88. The number of amides is 1. The van der Waals surface area contributed by atoms with Crippen LogP contribution in [0, 0.1) is 10.1 Å². The highest BCUT2D eigenvalue weighted by atomic mass is 79.9. The number of carbonyl (C=O) groups excluding carboxylic acids is 1. The minimum absolute atomic E-state index is 0.140. The molecule has 1 amide bonds. The van der Waals surface area contributed by atoms with E-state index in [9.17, 15) is 14.9 Å². The topological polar surface area (TPSA) is 72.7 Å². The summed E-state index contributed by atoms with van der Waals surface area (Å²) in [5.41, 5.74) is 0.982. The van der Waals surface area contributed by atoms with Crippen molar-refractivity contribution in [1.82, 2.24) is 4.90 Å². The molecule has 126 valence electrons. The van der Waals surface area contributed by atoms with Crippen LogP contribution in [0.5, 0.6) is 5.75 Å². The lowest BCUT2D eigenvalue weighted by Gasteiger charge is -2.26. The first-order valence-corrected chi connectivity index (χ1v) is 8.00. The van der Waals surface area contributed by atoms with E-state index in [1.807, 2.05) is 31.2 Å². The van der Waals surface area contributed by atoms with Gasteiger partial charge in [0.15, 0.2) is 0 Å². The number of nitrogens with zero attached hydrogens (tertiary/aromatic N) is 2. The monoisotopic (exact) mass is 392 g/mol. The molecule has 2 aromatic carbocycles. The maximum atomic E-state index is 12.7. The molecule has 0 aliphatic carbocycles. The minimum Gasteiger partial charge on any atom is -0.496 e. The van der Waals surface area contributed by atoms with E-state index in [0.717, 1.165) is 5.56 Å². The summed E-state index contributed by atoms with van der Waals surface area (Å²) in [6, 6.07) is 11.5. The second-order valence-corrected chi connectivity index (χ2v) is 6.11. The molecule has 0 N–H and O–H groups in total. The van der Waals surface area contributed by atoms with Gasteiger partial charge < -0.3 is 9.64 Å². The van der Waals surface area contributed by atoms with Crippen molar-refractivity contribution in [2.24, 2.45) is 0 Å². The fourth-order valence-corrected chi connectivity index (χ4v) is 2.78. The van der Waals surface area contributed by atoms with E-state index < -0.39 is 4.92 Å². The summed E-state index contributed by atoms with van der Waals surface area (Å²) in [4.78, 5) is 24.7. The van der Waals surface area contributed by atoms with E-state index in [2.05, 4.69) is 15.9 Å². The maximum Gasteiger partial charge on any atom is 0.284 e. The molecule has 0 heterocycles. The average Bonchev–Trinajstić information content (AvgIpc) is 2.59. The zero-order chi connectivity index (χ0) is 17.9. The third kappa shape index (κ3) is 3.56. The van der Waals surface area contributed by atoms with Gasteiger partial charge in [0.1, 0.15) is 5.75 Å². The van der Waals surface area contributed by atoms with Crippen molar-refractivity contribution >= 4 is 27.5 Å². The molecular weight excluding hydrogens is 376 g/mol. The Kier molecular flexibility index (Phi) is 5.56. The minimum atomic E-state index is -0.523. The third-order valence-electron chi connectivity index (χ3n) is 3.88. The molecule has 0 bridgehead atoms. The molecule has 6 nitrogen and oxygen atoms in total. The standard InChI is InChI=1S/C17H17BrN2O4/c1-11(13-6-4-5-7-16(13)24-3)19(2)17(21)12-8-9-14(18)15(10-12)20(22)23/h4-11H,1-3H3. The quantitative estimate of drug-likeness (QED) is 0.564. The second kappa shape index (κ2) is 7.44. The Hall–Kier alpha value is -2.41. The number of rotatable bonds is 5. The van der Waals surface area contributed by atoms with E-state index >= 15 is 0 Å². The third-order valence-corrected chi connectivity index (χ3v) is 4.55. The molecule has 1 atom stereocenters. The number of nitro groups is 1. The van der Waals surface area contributed by atoms with Crippen molar-refractivity contribution in [1.29, 1.82) is 0 Å². The van der Waals surface area contributed by atoms with Crippen LogP contribution in [0.1, 0.15) is 28.9 Å². The highest BCUT2D eigenvalue weighted by Gasteiger charge is 2.23. The molecule has 2 aromatic rings. The van der Waals surface area contributed by atoms with E-state index in [1.54, 1.807) is 20.2 Å². The Morgan fingerprint density at radius 3 is 2.58 bits per heavy atom. The van der Waals surface area contributed by atoms with E-state index in [4.69, 9.17) is 4.74 Å². The van der Waals surface area contributed by atoms with Crippen molar-refractivity contribution in [2.45, 2.75) is 13.0 Å². The van der Waals surface area contributed by atoms with Gasteiger partial charge in [0.25, 0.3) is 11.6 Å². The van der Waals surface area contributed by atoms with Crippen LogP contribution in [0.25, 0.3) is 0 Å². The van der Waals surface area contributed by atoms with Gasteiger partial charge in [0.2, 0.25) is 0 Å². The number of halogens is 1. The van der Waals surface area contributed by atoms with E-state index in [1.165, 1.54) is 17.0 Å². The Bertz CT molecular complexity index is 779. The Morgan fingerprint density at radius 1 is 1.29 bits per heavy atom. The van der Waals surface area contributed by atoms with Crippen LogP contribution < -0.4 is 4.74 Å². The smallest absolute Gasteiger partial charge is 0.284 e. The van der Waals surface area contributed by atoms with Gasteiger partial charge in [-0.05, 0) is 41.1 Å². The average molecular weight is 393 g/mol. The molecular formula is C17H17BrN2O4. The normalized spacial score (nSPS) is 11.7. The molecule has 7 heteroatoms. The summed E-state index contributed by atoms with van der Waals surface area (Å²) in [6.07, 6.45) is 0. The van der Waals surface area contributed by atoms with Crippen molar-refractivity contribution in [3.8, 4) is 5.75 Å². The molecule has 0 aromatic heterocycles. The highest BCUT2D eigenvalue weighted by Crippen LogP contribution is 2.30. The van der Waals surface area contributed by atoms with Gasteiger partial charge in [-0.1, -0.05) is 18.2 Å². The number of hydrogen-bond acceptors (Lipinski definition) is 4. The predicted molar refractivity (Wildman–Crippen MR) is 94.3 cm³/mol. The Balaban J connectivity index is 2.32. The van der Waals surface area contributed by atoms with Gasteiger partial charge in [-0.3, -0.25) is 14.9 Å². The van der Waals surface area contributed by atoms with Crippen LogP contribution in [0.2, 0.25) is 0 Å². The molecule has 0 fully saturated rings. The Labute approximate surface area is 148 Å². The van der Waals surface area contributed by atoms with Crippen LogP contribution in [0.4, 0.5) is 5.69 Å². The molecule has 0 saturated carbocycles. The number of para-hydroxylation sites is 1. The number of carbonyl (C=O) groups is 1. The predicted octanol–water partition coefficient (Wildman–Crippen LogP) is 4.20. The highest BCUT2D eigenvalue weighted by molar-refractivity contribution is 9.10. The van der Waals surface area contributed by atoms with Crippen LogP contribution in [-0.4, -0.2) is 29.9 Å². The summed E-state index contributed by atoms with van der Waals surface area (Å²) in [5, 5.41) is 11.0. The first kappa shape index (κ1) is 17.9. The molecule has 24 heavy (non-hydrogen) atoms. The van der Waals surface area contributed by atoms with E-state index in [-0.39, 0.29) is 23.2 Å². The second-order valence-electron chi connectivity index (χ2n) is 5.26.